The first-order valence-electron chi connectivity index (χ1n) is 16.5. The van der Waals surface area contributed by atoms with Crippen LogP contribution in [0.5, 0.6) is 0 Å². The van der Waals surface area contributed by atoms with Gasteiger partial charge in [-0.05, 0) is 64.4 Å². The number of ketones is 1. The van der Waals surface area contributed by atoms with E-state index in [1.54, 1.807) is 6.07 Å². The summed E-state index contributed by atoms with van der Waals surface area (Å²) in [6.45, 7) is 20.7. The van der Waals surface area contributed by atoms with Crippen LogP contribution < -0.4 is 0 Å². The standard InChI is InChI=1S/C27H27FNSi.C13H24O2.Ir/c1-17-12-18(2)14-20(13-17)27-23-8-7-22-24(21(23)9-10-29-27)15-19(16-25(22)28)26-6-5-11-30(26,3)4;1-7-12(3,4)10(14)9-11(15)13(5,6)8-2;/h7-10,12-13,15-16,26H,5-6,11H2,1-4H3;9,14H,7-8H2,1-6H3;/q-1;;/b;10-9-;. The van der Waals surface area contributed by atoms with Gasteiger partial charge in [-0.25, -0.2) is 4.39 Å². The number of benzene rings is 3. The summed E-state index contributed by atoms with van der Waals surface area (Å²) < 4.78 is 15.2. The predicted molar refractivity (Wildman–Crippen MR) is 191 cm³/mol. The third kappa shape index (κ3) is 8.06. The largest absolute Gasteiger partial charge is 0.512 e. The van der Waals surface area contributed by atoms with Crippen molar-refractivity contribution in [1.29, 1.82) is 0 Å². The maximum Gasteiger partial charge on any atom is 0.164 e. The first kappa shape index (κ1) is 37.8. The third-order valence-corrected chi connectivity index (χ3v) is 14.5. The Morgan fingerprint density at radius 1 is 0.978 bits per heavy atom. The van der Waals surface area contributed by atoms with E-state index in [9.17, 15) is 9.90 Å². The van der Waals surface area contributed by atoms with Crippen molar-refractivity contribution in [1.82, 2.24) is 4.98 Å². The Hall–Kier alpha value is -2.66. The van der Waals surface area contributed by atoms with Gasteiger partial charge in [0.15, 0.2) is 5.78 Å². The Morgan fingerprint density at radius 3 is 2.22 bits per heavy atom. The molecule has 2 heterocycles. The van der Waals surface area contributed by atoms with Crippen LogP contribution in [0.2, 0.25) is 19.1 Å². The molecule has 6 heteroatoms. The number of aliphatic hydroxyl groups is 1. The normalized spacial score (nSPS) is 16.6. The number of nitrogens with zero attached hydrogens (tertiary/aromatic N) is 1. The molecule has 1 unspecified atom stereocenters. The molecule has 1 aliphatic rings. The molecule has 0 bridgehead atoms. The summed E-state index contributed by atoms with van der Waals surface area (Å²) >= 11 is 0. The molecular formula is C40H51FIrNO2Si-. The van der Waals surface area contributed by atoms with Crippen molar-refractivity contribution in [3.63, 3.8) is 0 Å². The molecule has 46 heavy (non-hydrogen) atoms. The zero-order valence-corrected chi connectivity index (χ0v) is 32.7. The molecule has 1 radical (unpaired) electrons. The van der Waals surface area contributed by atoms with Gasteiger partial charge in [-0.1, -0.05) is 99.1 Å². The number of rotatable bonds is 7. The summed E-state index contributed by atoms with van der Waals surface area (Å²) in [6.07, 6.45) is 7.31. The molecule has 1 atom stereocenters. The van der Waals surface area contributed by atoms with Crippen molar-refractivity contribution in [2.24, 2.45) is 10.8 Å². The average molecular weight is 817 g/mol. The fourth-order valence-corrected chi connectivity index (χ4v) is 9.85. The molecular weight excluding hydrogens is 766 g/mol. The number of allylic oxidation sites excluding steroid dienone is 2. The number of carbonyl (C=O) groups is 1. The van der Waals surface area contributed by atoms with E-state index in [1.807, 2.05) is 65.9 Å². The molecule has 1 saturated heterocycles. The van der Waals surface area contributed by atoms with Gasteiger partial charge in [-0.3, -0.25) is 4.79 Å². The van der Waals surface area contributed by atoms with Crippen LogP contribution in [-0.2, 0) is 24.9 Å². The molecule has 5 rings (SSSR count). The minimum absolute atomic E-state index is 0. The Labute approximate surface area is 290 Å². The van der Waals surface area contributed by atoms with Crippen LogP contribution >= 0.6 is 0 Å². The fourth-order valence-electron chi connectivity index (χ4n) is 6.33. The van der Waals surface area contributed by atoms with Gasteiger partial charge in [-0.2, -0.15) is 0 Å². The first-order valence-corrected chi connectivity index (χ1v) is 19.8. The molecule has 1 fully saturated rings. The summed E-state index contributed by atoms with van der Waals surface area (Å²) in [6, 6.07) is 19.1. The second-order valence-electron chi connectivity index (χ2n) is 15.0. The maximum absolute atomic E-state index is 15.2. The Morgan fingerprint density at radius 2 is 1.63 bits per heavy atom. The van der Waals surface area contributed by atoms with Gasteiger partial charge in [0, 0.05) is 48.6 Å². The van der Waals surface area contributed by atoms with Gasteiger partial charge in [0.25, 0.3) is 0 Å². The summed E-state index contributed by atoms with van der Waals surface area (Å²) in [7, 11) is -1.35. The van der Waals surface area contributed by atoms with Crippen LogP contribution in [0.1, 0.15) is 89.5 Å². The predicted octanol–water partition coefficient (Wildman–Crippen LogP) is 11.6. The second-order valence-corrected chi connectivity index (χ2v) is 20.1. The number of hydrogen-bond donors (Lipinski definition) is 1. The quantitative estimate of drug-likeness (QED) is 0.0665. The molecule has 1 aliphatic heterocycles. The molecule has 0 aliphatic carbocycles. The van der Waals surface area contributed by atoms with Crippen LogP contribution in [0.25, 0.3) is 32.8 Å². The summed E-state index contributed by atoms with van der Waals surface area (Å²) in [5.41, 5.74) is 5.27. The summed E-state index contributed by atoms with van der Waals surface area (Å²) in [5, 5.41) is 13.7. The molecule has 1 aromatic heterocycles. The van der Waals surface area contributed by atoms with Crippen LogP contribution in [-0.4, -0.2) is 23.9 Å². The molecule has 3 aromatic carbocycles. The number of aromatic nitrogens is 1. The van der Waals surface area contributed by atoms with E-state index >= 15 is 4.39 Å². The van der Waals surface area contributed by atoms with E-state index in [4.69, 9.17) is 4.98 Å². The monoisotopic (exact) mass is 817 g/mol. The number of pyridine rings is 1. The molecule has 4 aromatic rings. The average Bonchev–Trinajstić information content (AvgIpc) is 3.35. The van der Waals surface area contributed by atoms with Gasteiger partial charge < -0.3 is 10.1 Å². The number of fused-ring (bicyclic) bond motifs is 3. The van der Waals surface area contributed by atoms with Gasteiger partial charge in [0.1, 0.15) is 11.6 Å². The number of halogens is 1. The zero-order valence-electron chi connectivity index (χ0n) is 29.3. The van der Waals surface area contributed by atoms with Crippen molar-refractivity contribution >= 4 is 35.4 Å². The van der Waals surface area contributed by atoms with Crippen LogP contribution in [0.4, 0.5) is 4.39 Å². The maximum atomic E-state index is 15.2. The molecule has 0 saturated carbocycles. The fraction of sp³-hybridized carbons (Fsp3) is 0.450. The third-order valence-electron chi connectivity index (χ3n) is 10.3. The van der Waals surface area contributed by atoms with Gasteiger partial charge >= 0.3 is 0 Å². The molecule has 249 valence electrons. The molecule has 1 N–H and O–H groups in total. The number of aliphatic hydroxyl groups excluding tert-OH is 1. The second kappa shape index (κ2) is 14.6. The Kier molecular flexibility index (Phi) is 12.0. The van der Waals surface area contributed by atoms with Crippen LogP contribution in [0.15, 0.2) is 60.5 Å². The summed E-state index contributed by atoms with van der Waals surface area (Å²) in [5.74, 6) is 0.0953. The van der Waals surface area contributed by atoms with E-state index < -0.39 is 8.07 Å². The van der Waals surface area contributed by atoms with Crippen molar-refractivity contribution < 1.29 is 34.4 Å². The molecule has 3 nitrogen and oxygen atoms in total. The number of hydrogen-bond acceptors (Lipinski definition) is 3. The molecule has 0 spiro atoms. The van der Waals surface area contributed by atoms with Crippen LogP contribution in [0.3, 0.4) is 0 Å². The SMILES string of the molecule is CCC(C)(C)C(=O)/C=C(\O)C(C)(C)CC.Cc1[c-]c(-c2nccc3c2ccc2c(F)cc(C4CCC[Si]4(C)C)cc23)cc(C)c1.[Ir]. The van der Waals surface area contributed by atoms with E-state index in [0.717, 1.165) is 45.8 Å². The van der Waals surface area contributed by atoms with Crippen molar-refractivity contribution in [2.75, 3.05) is 0 Å². The van der Waals surface area contributed by atoms with E-state index in [-0.39, 0.29) is 48.3 Å². The van der Waals surface area contributed by atoms with Gasteiger partial charge in [0.05, 0.1) is 8.07 Å². The smallest absolute Gasteiger partial charge is 0.164 e. The minimum Gasteiger partial charge on any atom is -0.512 e. The van der Waals surface area contributed by atoms with E-state index in [2.05, 4.69) is 51.2 Å². The van der Waals surface area contributed by atoms with E-state index in [1.165, 1.54) is 36.1 Å². The Balaban J connectivity index is 0.000000309. The summed E-state index contributed by atoms with van der Waals surface area (Å²) in [4.78, 5) is 16.5. The van der Waals surface area contributed by atoms with Crippen molar-refractivity contribution in [2.45, 2.75) is 106 Å². The van der Waals surface area contributed by atoms with Crippen molar-refractivity contribution in [3.05, 3.63) is 89.1 Å². The van der Waals surface area contributed by atoms with Crippen molar-refractivity contribution in [3.8, 4) is 11.3 Å². The van der Waals surface area contributed by atoms with Gasteiger partial charge in [-0.15, -0.1) is 34.9 Å². The zero-order chi connectivity index (χ0) is 33.3. The van der Waals surface area contributed by atoms with Gasteiger partial charge in [0.2, 0.25) is 0 Å². The van der Waals surface area contributed by atoms with Crippen LogP contribution in [0, 0.1) is 36.6 Å². The molecule has 0 amide bonds. The number of aryl methyl sites for hydroxylation is 2. The van der Waals surface area contributed by atoms with E-state index in [0.29, 0.717) is 10.9 Å². The Bertz CT molecular complexity index is 1740. The minimum atomic E-state index is -1.35. The first-order chi connectivity index (χ1) is 21.0. The number of carbonyl (C=O) groups excluding carboxylic acids is 1. The topological polar surface area (TPSA) is 50.2 Å².